The first-order valence-corrected chi connectivity index (χ1v) is 7.72. The maximum atomic E-state index is 5.86. The van der Waals surface area contributed by atoms with Gasteiger partial charge in [-0.1, -0.05) is 18.5 Å². The van der Waals surface area contributed by atoms with Crippen molar-refractivity contribution in [3.05, 3.63) is 51.9 Å². The van der Waals surface area contributed by atoms with Gasteiger partial charge < -0.3 is 14.5 Å². The Kier molecular flexibility index (Phi) is 5.95. The molecule has 0 aliphatic rings. The Morgan fingerprint density at radius 3 is 2.65 bits per heavy atom. The molecular weight excluding hydrogens is 342 g/mol. The third-order valence-electron chi connectivity index (χ3n) is 2.83. The zero-order valence-electron chi connectivity index (χ0n) is 11.2. The molecule has 2 rings (SSSR count). The van der Waals surface area contributed by atoms with E-state index >= 15 is 0 Å². The third-order valence-corrected chi connectivity index (χ3v) is 3.74. The fourth-order valence-corrected chi connectivity index (χ4v) is 2.41. The number of ether oxygens (including phenoxy) is 1. The first kappa shape index (κ1) is 15.4. The van der Waals surface area contributed by atoms with Crippen LogP contribution in [0.4, 0.5) is 0 Å². The molecule has 0 amide bonds. The molecule has 3 nitrogen and oxygen atoms in total. The first-order chi connectivity index (χ1) is 9.70. The Morgan fingerprint density at radius 2 is 2.05 bits per heavy atom. The maximum absolute atomic E-state index is 5.86. The van der Waals surface area contributed by atoms with Crippen molar-refractivity contribution >= 4 is 27.5 Å². The molecular formula is C15H17BrClNO2. The van der Waals surface area contributed by atoms with Crippen molar-refractivity contribution in [2.24, 2.45) is 0 Å². The van der Waals surface area contributed by atoms with Gasteiger partial charge in [0.25, 0.3) is 0 Å². The van der Waals surface area contributed by atoms with Gasteiger partial charge in [-0.2, -0.15) is 0 Å². The number of nitrogens with one attached hydrogen (secondary N) is 1. The number of halogens is 2. The lowest BCUT2D eigenvalue weighted by atomic mass is 10.2. The molecule has 0 saturated heterocycles. The van der Waals surface area contributed by atoms with Gasteiger partial charge in [0, 0.05) is 5.02 Å². The zero-order valence-corrected chi connectivity index (χ0v) is 13.6. The maximum Gasteiger partial charge on any atom is 0.138 e. The Hall–Kier alpha value is -0.970. The van der Waals surface area contributed by atoms with Crippen molar-refractivity contribution in [2.45, 2.75) is 19.4 Å². The second-order valence-corrected chi connectivity index (χ2v) is 5.70. The summed E-state index contributed by atoms with van der Waals surface area (Å²) < 4.78 is 12.3. The highest BCUT2D eigenvalue weighted by atomic mass is 79.9. The zero-order chi connectivity index (χ0) is 14.4. The average Bonchev–Trinajstić information content (AvgIpc) is 2.87. The van der Waals surface area contributed by atoms with Gasteiger partial charge in [-0.3, -0.25) is 0 Å². The molecule has 1 heterocycles. The van der Waals surface area contributed by atoms with Crippen LogP contribution >= 0.6 is 27.5 Å². The van der Waals surface area contributed by atoms with E-state index in [2.05, 4.69) is 28.2 Å². The summed E-state index contributed by atoms with van der Waals surface area (Å²) in [6, 6.07) is 9.24. The number of rotatable bonds is 7. The topological polar surface area (TPSA) is 34.4 Å². The monoisotopic (exact) mass is 357 g/mol. The summed E-state index contributed by atoms with van der Waals surface area (Å²) >= 11 is 9.34. The molecule has 1 aromatic carbocycles. The number of furan rings is 1. The lowest BCUT2D eigenvalue weighted by Gasteiger charge is -2.17. The molecule has 0 saturated carbocycles. The quantitative estimate of drug-likeness (QED) is 0.771. The lowest BCUT2D eigenvalue weighted by molar-refractivity contribution is 0.246. The van der Waals surface area contributed by atoms with Crippen LogP contribution in [-0.4, -0.2) is 13.2 Å². The van der Waals surface area contributed by atoms with Gasteiger partial charge in [0.05, 0.1) is 10.7 Å². The summed E-state index contributed by atoms with van der Waals surface area (Å²) in [6.45, 7) is 3.52. The molecule has 0 aliphatic heterocycles. The van der Waals surface area contributed by atoms with E-state index in [1.165, 1.54) is 0 Å². The summed E-state index contributed by atoms with van der Waals surface area (Å²) in [5.41, 5.74) is 0. The molecule has 0 radical (unpaired) electrons. The van der Waals surface area contributed by atoms with Crippen LogP contribution in [0, 0.1) is 0 Å². The molecule has 1 atom stereocenters. The number of benzene rings is 1. The molecule has 20 heavy (non-hydrogen) atoms. The minimum atomic E-state index is 0.00926. The van der Waals surface area contributed by atoms with Crippen LogP contribution in [0.25, 0.3) is 0 Å². The van der Waals surface area contributed by atoms with Gasteiger partial charge in [-0.05, 0) is 59.2 Å². The van der Waals surface area contributed by atoms with Crippen molar-refractivity contribution in [3.8, 4) is 5.75 Å². The molecule has 1 aromatic heterocycles. The van der Waals surface area contributed by atoms with E-state index in [-0.39, 0.29) is 6.04 Å². The second-order valence-electron chi connectivity index (χ2n) is 4.40. The largest absolute Gasteiger partial charge is 0.491 e. The van der Waals surface area contributed by atoms with Crippen LogP contribution in [0.1, 0.15) is 25.1 Å². The van der Waals surface area contributed by atoms with Crippen LogP contribution in [0.15, 0.2) is 45.5 Å². The first-order valence-electron chi connectivity index (χ1n) is 6.55. The van der Waals surface area contributed by atoms with Crippen LogP contribution in [0.2, 0.25) is 5.02 Å². The van der Waals surface area contributed by atoms with Crippen molar-refractivity contribution < 1.29 is 9.15 Å². The van der Waals surface area contributed by atoms with Crippen molar-refractivity contribution in [2.75, 3.05) is 13.2 Å². The van der Waals surface area contributed by atoms with E-state index in [4.69, 9.17) is 20.8 Å². The van der Waals surface area contributed by atoms with Gasteiger partial charge in [0.1, 0.15) is 24.2 Å². The number of hydrogen-bond donors (Lipinski definition) is 1. The minimum Gasteiger partial charge on any atom is -0.491 e. The molecule has 5 heteroatoms. The SMILES string of the molecule is CCCNC(COc1ccc(Cl)cc1)c1occc1Br. The van der Waals surface area contributed by atoms with E-state index in [0.29, 0.717) is 11.6 Å². The second kappa shape index (κ2) is 7.72. The molecule has 0 bridgehead atoms. The molecule has 0 spiro atoms. The molecule has 0 aliphatic carbocycles. The van der Waals surface area contributed by atoms with E-state index in [1.54, 1.807) is 6.26 Å². The Balaban J connectivity index is 2.01. The average molecular weight is 359 g/mol. The summed E-state index contributed by atoms with van der Waals surface area (Å²) in [4.78, 5) is 0. The van der Waals surface area contributed by atoms with Gasteiger partial charge in [0.15, 0.2) is 0 Å². The predicted octanol–water partition coefficient (Wildman–Crippen LogP) is 4.82. The van der Waals surface area contributed by atoms with E-state index in [1.807, 2.05) is 30.3 Å². The van der Waals surface area contributed by atoms with Gasteiger partial charge >= 0.3 is 0 Å². The predicted molar refractivity (Wildman–Crippen MR) is 84.4 cm³/mol. The number of hydrogen-bond acceptors (Lipinski definition) is 3. The van der Waals surface area contributed by atoms with Gasteiger partial charge in [0.2, 0.25) is 0 Å². The fourth-order valence-electron chi connectivity index (χ4n) is 1.81. The highest BCUT2D eigenvalue weighted by Crippen LogP contribution is 2.25. The van der Waals surface area contributed by atoms with Crippen LogP contribution in [0.5, 0.6) is 5.75 Å². The molecule has 0 fully saturated rings. The van der Waals surface area contributed by atoms with Gasteiger partial charge in [-0.15, -0.1) is 0 Å². The van der Waals surface area contributed by atoms with Crippen molar-refractivity contribution in [3.63, 3.8) is 0 Å². The highest BCUT2D eigenvalue weighted by Gasteiger charge is 2.18. The van der Waals surface area contributed by atoms with Crippen molar-refractivity contribution in [1.82, 2.24) is 5.32 Å². The summed E-state index contributed by atoms with van der Waals surface area (Å²) in [5, 5.41) is 4.12. The summed E-state index contributed by atoms with van der Waals surface area (Å²) in [5.74, 6) is 1.65. The third kappa shape index (κ3) is 4.27. The van der Waals surface area contributed by atoms with E-state index in [0.717, 1.165) is 28.9 Å². The molecule has 2 aromatic rings. The fraction of sp³-hybridized carbons (Fsp3) is 0.333. The minimum absolute atomic E-state index is 0.00926. The standard InChI is InChI=1S/C15H17BrClNO2/c1-2-8-18-14(15-13(16)7-9-19-15)10-20-12-5-3-11(17)4-6-12/h3-7,9,14,18H,2,8,10H2,1H3. The normalized spacial score (nSPS) is 12.3. The molecule has 1 N–H and O–H groups in total. The van der Waals surface area contributed by atoms with Gasteiger partial charge in [-0.25, -0.2) is 0 Å². The van der Waals surface area contributed by atoms with Crippen LogP contribution in [-0.2, 0) is 0 Å². The summed E-state index contributed by atoms with van der Waals surface area (Å²) in [7, 11) is 0. The Labute approximate surface area is 132 Å². The Bertz CT molecular complexity index is 527. The Morgan fingerprint density at radius 1 is 1.30 bits per heavy atom. The lowest BCUT2D eigenvalue weighted by Crippen LogP contribution is -2.27. The van der Waals surface area contributed by atoms with E-state index in [9.17, 15) is 0 Å². The highest BCUT2D eigenvalue weighted by molar-refractivity contribution is 9.10. The van der Waals surface area contributed by atoms with Crippen molar-refractivity contribution in [1.29, 1.82) is 0 Å². The van der Waals surface area contributed by atoms with Crippen LogP contribution in [0.3, 0.4) is 0 Å². The van der Waals surface area contributed by atoms with E-state index < -0.39 is 0 Å². The van der Waals surface area contributed by atoms with Crippen LogP contribution < -0.4 is 10.1 Å². The molecule has 108 valence electrons. The molecule has 1 unspecified atom stereocenters. The summed E-state index contributed by atoms with van der Waals surface area (Å²) in [6.07, 6.45) is 2.72. The smallest absolute Gasteiger partial charge is 0.138 e.